The van der Waals surface area contributed by atoms with Crippen molar-refractivity contribution < 1.29 is 9.47 Å². The number of fused-ring (bicyclic) bond motifs is 3. The Bertz CT molecular complexity index is 419. The van der Waals surface area contributed by atoms with Gasteiger partial charge in [0.15, 0.2) is 0 Å². The third-order valence-corrected chi connectivity index (χ3v) is 3.99. The molecule has 2 atom stereocenters. The van der Waals surface area contributed by atoms with Gasteiger partial charge in [-0.15, -0.1) is 0 Å². The van der Waals surface area contributed by atoms with E-state index in [0.29, 0.717) is 11.8 Å². The van der Waals surface area contributed by atoms with Crippen LogP contribution in [0.1, 0.15) is 17.9 Å². The van der Waals surface area contributed by atoms with Crippen molar-refractivity contribution in [1.82, 2.24) is 4.90 Å². The third kappa shape index (κ3) is 1.78. The Balaban J connectivity index is 2.07. The van der Waals surface area contributed by atoms with E-state index in [1.54, 1.807) is 7.11 Å². The number of likely N-dealkylation sites (tertiary alicyclic amines) is 1. The smallest absolute Gasteiger partial charge is 0.126 e. The molecule has 92 valence electrons. The van der Waals surface area contributed by atoms with Crippen molar-refractivity contribution in [3.8, 4) is 11.5 Å². The van der Waals surface area contributed by atoms with Crippen LogP contribution in [0, 0.1) is 5.92 Å². The number of methoxy groups -OCH3 is 1. The highest BCUT2D eigenvalue weighted by Gasteiger charge is 2.37. The highest BCUT2D eigenvalue weighted by atomic mass is 16.5. The summed E-state index contributed by atoms with van der Waals surface area (Å²) < 4.78 is 11.4. The Morgan fingerprint density at radius 2 is 2.24 bits per heavy atom. The Labute approximate surface area is 102 Å². The summed E-state index contributed by atoms with van der Waals surface area (Å²) in [6, 6.07) is 6.12. The maximum absolute atomic E-state index is 5.86. The van der Waals surface area contributed by atoms with Gasteiger partial charge < -0.3 is 14.4 Å². The Morgan fingerprint density at radius 1 is 1.35 bits per heavy atom. The minimum Gasteiger partial charge on any atom is -0.496 e. The lowest BCUT2D eigenvalue weighted by Crippen LogP contribution is -2.15. The van der Waals surface area contributed by atoms with E-state index in [1.807, 2.05) is 12.1 Å². The fourth-order valence-electron chi connectivity index (χ4n) is 3.22. The van der Waals surface area contributed by atoms with Crippen LogP contribution < -0.4 is 9.47 Å². The largest absolute Gasteiger partial charge is 0.496 e. The summed E-state index contributed by atoms with van der Waals surface area (Å²) in [6.07, 6.45) is 1.15. The zero-order chi connectivity index (χ0) is 11.8. The molecule has 0 aliphatic carbocycles. The quantitative estimate of drug-likeness (QED) is 0.741. The molecule has 0 N–H and O–H groups in total. The van der Waals surface area contributed by atoms with E-state index in [0.717, 1.165) is 31.1 Å². The van der Waals surface area contributed by atoms with Gasteiger partial charge in [-0.3, -0.25) is 0 Å². The van der Waals surface area contributed by atoms with Crippen molar-refractivity contribution in [3.63, 3.8) is 0 Å². The Kier molecular flexibility index (Phi) is 2.71. The van der Waals surface area contributed by atoms with Crippen LogP contribution in [0.25, 0.3) is 0 Å². The summed E-state index contributed by atoms with van der Waals surface area (Å²) in [6.45, 7) is 3.11. The standard InChI is InChI=1S/C14H19NO2/c1-15-8-10-6-7-17-13-5-3-4-12(16-2)14(13)11(10)9-15/h3-5,10-11H,6-9H2,1-2H3/t10-,11-/m0/s1. The minimum absolute atomic E-state index is 0.564. The topological polar surface area (TPSA) is 21.7 Å². The molecule has 0 amide bonds. The second-order valence-electron chi connectivity index (χ2n) is 5.10. The first kappa shape index (κ1) is 10.9. The molecule has 3 rings (SSSR count). The van der Waals surface area contributed by atoms with Gasteiger partial charge in [0.25, 0.3) is 0 Å². The molecule has 0 unspecified atom stereocenters. The van der Waals surface area contributed by atoms with Crippen molar-refractivity contribution in [1.29, 1.82) is 0 Å². The molecule has 2 aliphatic heterocycles. The van der Waals surface area contributed by atoms with E-state index < -0.39 is 0 Å². The molecule has 0 spiro atoms. The number of hydrogen-bond acceptors (Lipinski definition) is 3. The summed E-state index contributed by atoms with van der Waals surface area (Å²) in [5, 5.41) is 0. The fraction of sp³-hybridized carbons (Fsp3) is 0.571. The van der Waals surface area contributed by atoms with Gasteiger partial charge in [0.1, 0.15) is 11.5 Å². The summed E-state index contributed by atoms with van der Waals surface area (Å²) in [5.74, 6) is 3.27. The predicted molar refractivity (Wildman–Crippen MR) is 66.8 cm³/mol. The molecular formula is C14H19NO2. The van der Waals surface area contributed by atoms with Gasteiger partial charge in [-0.1, -0.05) is 6.07 Å². The first-order valence-electron chi connectivity index (χ1n) is 6.28. The van der Waals surface area contributed by atoms with E-state index in [-0.39, 0.29) is 0 Å². The molecular weight excluding hydrogens is 214 g/mol. The van der Waals surface area contributed by atoms with Crippen molar-refractivity contribution in [2.75, 3.05) is 33.9 Å². The molecule has 3 heteroatoms. The summed E-state index contributed by atoms with van der Waals surface area (Å²) in [4.78, 5) is 2.41. The Hall–Kier alpha value is -1.22. The van der Waals surface area contributed by atoms with Gasteiger partial charge in [0.2, 0.25) is 0 Å². The monoisotopic (exact) mass is 233 g/mol. The minimum atomic E-state index is 0.564. The summed E-state index contributed by atoms with van der Waals surface area (Å²) >= 11 is 0. The normalized spacial score (nSPS) is 27.9. The first-order chi connectivity index (χ1) is 8.29. The molecule has 1 saturated heterocycles. The van der Waals surface area contributed by atoms with Crippen LogP contribution in [0.5, 0.6) is 11.5 Å². The fourth-order valence-corrected chi connectivity index (χ4v) is 3.22. The van der Waals surface area contributed by atoms with E-state index >= 15 is 0 Å². The van der Waals surface area contributed by atoms with Crippen LogP contribution in [0.4, 0.5) is 0 Å². The second kappa shape index (κ2) is 4.22. The van der Waals surface area contributed by atoms with Gasteiger partial charge in [-0.25, -0.2) is 0 Å². The van der Waals surface area contributed by atoms with Crippen LogP contribution in [0.15, 0.2) is 18.2 Å². The number of rotatable bonds is 1. The van der Waals surface area contributed by atoms with Crippen molar-refractivity contribution in [2.45, 2.75) is 12.3 Å². The van der Waals surface area contributed by atoms with E-state index in [9.17, 15) is 0 Å². The molecule has 17 heavy (non-hydrogen) atoms. The zero-order valence-electron chi connectivity index (χ0n) is 10.5. The molecule has 1 aromatic rings. The van der Waals surface area contributed by atoms with Crippen LogP contribution in [0.2, 0.25) is 0 Å². The van der Waals surface area contributed by atoms with Crippen LogP contribution >= 0.6 is 0 Å². The van der Waals surface area contributed by atoms with Crippen LogP contribution in [-0.2, 0) is 0 Å². The number of nitrogens with zero attached hydrogens (tertiary/aromatic N) is 1. The molecule has 1 fully saturated rings. The Morgan fingerprint density at radius 3 is 3.06 bits per heavy atom. The first-order valence-corrected chi connectivity index (χ1v) is 6.28. The van der Waals surface area contributed by atoms with Gasteiger partial charge >= 0.3 is 0 Å². The lowest BCUT2D eigenvalue weighted by Gasteiger charge is -2.19. The molecule has 2 heterocycles. The molecule has 0 bridgehead atoms. The number of benzene rings is 1. The van der Waals surface area contributed by atoms with Crippen molar-refractivity contribution in [2.24, 2.45) is 5.92 Å². The van der Waals surface area contributed by atoms with E-state index in [1.165, 1.54) is 12.1 Å². The summed E-state index contributed by atoms with van der Waals surface area (Å²) in [5.41, 5.74) is 1.28. The van der Waals surface area contributed by atoms with Crippen LogP contribution in [-0.4, -0.2) is 38.8 Å². The zero-order valence-corrected chi connectivity index (χ0v) is 10.5. The van der Waals surface area contributed by atoms with Crippen molar-refractivity contribution >= 4 is 0 Å². The second-order valence-corrected chi connectivity index (χ2v) is 5.10. The maximum Gasteiger partial charge on any atom is 0.126 e. The molecule has 0 saturated carbocycles. The van der Waals surface area contributed by atoms with Crippen molar-refractivity contribution in [3.05, 3.63) is 23.8 Å². The van der Waals surface area contributed by atoms with Gasteiger partial charge in [-0.2, -0.15) is 0 Å². The molecule has 2 aliphatic rings. The molecule has 1 aromatic carbocycles. The highest BCUT2D eigenvalue weighted by molar-refractivity contribution is 5.48. The van der Waals surface area contributed by atoms with Gasteiger partial charge in [0.05, 0.1) is 13.7 Å². The SMILES string of the molecule is COc1cccc2c1[C@H]1CN(C)C[C@@H]1CCO2. The van der Waals surface area contributed by atoms with Gasteiger partial charge in [-0.05, 0) is 31.5 Å². The summed E-state index contributed by atoms with van der Waals surface area (Å²) in [7, 11) is 3.94. The predicted octanol–water partition coefficient (Wildman–Crippen LogP) is 2.12. The number of likely N-dealkylation sites (N-methyl/N-ethyl adjacent to an activating group) is 1. The lowest BCUT2D eigenvalue weighted by molar-refractivity contribution is 0.286. The third-order valence-electron chi connectivity index (χ3n) is 3.99. The van der Waals surface area contributed by atoms with Crippen LogP contribution in [0.3, 0.4) is 0 Å². The average Bonchev–Trinajstić information content (AvgIpc) is 2.61. The molecule has 0 radical (unpaired) electrons. The maximum atomic E-state index is 5.86. The van der Waals surface area contributed by atoms with Gasteiger partial charge in [0, 0.05) is 24.6 Å². The molecule has 0 aromatic heterocycles. The highest BCUT2D eigenvalue weighted by Crippen LogP contribution is 2.45. The number of hydrogen-bond donors (Lipinski definition) is 0. The van der Waals surface area contributed by atoms with E-state index in [2.05, 4.69) is 18.0 Å². The average molecular weight is 233 g/mol. The lowest BCUT2D eigenvalue weighted by atomic mass is 9.87. The number of ether oxygens (including phenoxy) is 2. The van der Waals surface area contributed by atoms with E-state index in [4.69, 9.17) is 9.47 Å². The molecule has 3 nitrogen and oxygen atoms in total.